The lowest BCUT2D eigenvalue weighted by molar-refractivity contribution is -0.0660. The second kappa shape index (κ2) is 8.62. The van der Waals surface area contributed by atoms with Gasteiger partial charge in [-0.25, -0.2) is 19.3 Å². The molecule has 7 nitrogen and oxygen atoms in total. The largest absolute Gasteiger partial charge is 0.384 e. The maximum atomic E-state index is 15.3. The average Bonchev–Trinajstić information content (AvgIpc) is 2.83. The Bertz CT molecular complexity index is 1350. The van der Waals surface area contributed by atoms with Crippen LogP contribution in [0.3, 0.4) is 0 Å². The fourth-order valence-corrected chi connectivity index (χ4v) is 4.77. The Labute approximate surface area is 197 Å². The molecule has 2 aliphatic heterocycles. The Morgan fingerprint density at radius 3 is 2.38 bits per heavy atom. The third-order valence-corrected chi connectivity index (χ3v) is 6.76. The van der Waals surface area contributed by atoms with Crippen LogP contribution in [0.25, 0.3) is 33.3 Å². The molecule has 0 amide bonds. The first kappa shape index (κ1) is 20.9. The molecule has 4 heterocycles. The first-order chi connectivity index (χ1) is 16.7. The number of fused-ring (bicyclic) bond motifs is 1. The predicted octanol–water partition coefficient (Wildman–Crippen LogP) is 3.60. The molecule has 0 bridgehead atoms. The molecule has 2 fully saturated rings. The Kier molecular flexibility index (Phi) is 5.31. The predicted molar refractivity (Wildman–Crippen MR) is 131 cm³/mol. The highest BCUT2D eigenvalue weighted by Crippen LogP contribution is 2.32. The molecular formula is C26H25FN6O. The van der Waals surface area contributed by atoms with Gasteiger partial charge in [0, 0.05) is 43.3 Å². The maximum Gasteiger partial charge on any atom is 0.147 e. The van der Waals surface area contributed by atoms with Crippen molar-refractivity contribution in [1.29, 1.82) is 0 Å². The Hall–Kier alpha value is -3.62. The SMILES string of the molecule is Nc1cc(-c2ccc3ncnc(-c4ccc(N5CCN(C6COC6)CC5)c(F)c4)c3c2)ccn1. The molecule has 2 aromatic carbocycles. The Morgan fingerprint density at radius 2 is 1.65 bits per heavy atom. The number of benzene rings is 2. The molecule has 2 aliphatic rings. The van der Waals surface area contributed by atoms with Gasteiger partial charge >= 0.3 is 0 Å². The van der Waals surface area contributed by atoms with E-state index in [-0.39, 0.29) is 5.82 Å². The van der Waals surface area contributed by atoms with Crippen LogP contribution in [0.4, 0.5) is 15.9 Å². The molecule has 0 aliphatic carbocycles. The van der Waals surface area contributed by atoms with Crippen molar-refractivity contribution in [3.05, 3.63) is 66.9 Å². The summed E-state index contributed by atoms with van der Waals surface area (Å²) in [7, 11) is 0. The smallest absolute Gasteiger partial charge is 0.147 e. The number of nitrogens with zero attached hydrogens (tertiary/aromatic N) is 5. The van der Waals surface area contributed by atoms with Gasteiger partial charge in [-0.15, -0.1) is 0 Å². The number of rotatable bonds is 4. The summed E-state index contributed by atoms with van der Waals surface area (Å²) in [6.45, 7) is 5.09. The second-order valence-electron chi connectivity index (χ2n) is 8.80. The van der Waals surface area contributed by atoms with E-state index in [9.17, 15) is 0 Å². The minimum absolute atomic E-state index is 0.234. The lowest BCUT2D eigenvalue weighted by atomic mass is 10.0. The van der Waals surface area contributed by atoms with Gasteiger partial charge in [0.15, 0.2) is 0 Å². The van der Waals surface area contributed by atoms with Crippen LogP contribution in [0.1, 0.15) is 0 Å². The minimum Gasteiger partial charge on any atom is -0.384 e. The number of hydrogen-bond acceptors (Lipinski definition) is 7. The summed E-state index contributed by atoms with van der Waals surface area (Å²) in [5, 5.41) is 0.860. The van der Waals surface area contributed by atoms with E-state index in [1.54, 1.807) is 12.3 Å². The van der Waals surface area contributed by atoms with Gasteiger partial charge in [-0.05, 0) is 47.5 Å². The van der Waals surface area contributed by atoms with Crippen molar-refractivity contribution in [3.8, 4) is 22.4 Å². The molecule has 0 saturated carbocycles. The first-order valence-corrected chi connectivity index (χ1v) is 11.5. The van der Waals surface area contributed by atoms with Gasteiger partial charge in [0.2, 0.25) is 0 Å². The minimum atomic E-state index is -0.234. The van der Waals surface area contributed by atoms with Crippen molar-refractivity contribution in [2.45, 2.75) is 6.04 Å². The number of nitrogens with two attached hydrogens (primary N) is 1. The van der Waals surface area contributed by atoms with Gasteiger partial charge in [-0.1, -0.05) is 12.1 Å². The van der Waals surface area contributed by atoms with Crippen LogP contribution in [0.2, 0.25) is 0 Å². The highest BCUT2D eigenvalue weighted by molar-refractivity contribution is 5.95. The highest BCUT2D eigenvalue weighted by atomic mass is 19.1. The van der Waals surface area contributed by atoms with Crippen LogP contribution in [0.5, 0.6) is 0 Å². The van der Waals surface area contributed by atoms with Gasteiger partial charge in [-0.3, -0.25) is 4.90 Å². The van der Waals surface area contributed by atoms with Crippen LogP contribution < -0.4 is 10.6 Å². The molecule has 0 atom stereocenters. The zero-order valence-electron chi connectivity index (χ0n) is 18.7. The van der Waals surface area contributed by atoms with E-state index >= 15 is 4.39 Å². The zero-order valence-corrected chi connectivity index (χ0v) is 18.7. The van der Waals surface area contributed by atoms with Gasteiger partial charge in [0.05, 0.1) is 36.2 Å². The molecular weight excluding hydrogens is 431 g/mol. The van der Waals surface area contributed by atoms with Crippen LogP contribution in [0, 0.1) is 5.82 Å². The monoisotopic (exact) mass is 456 g/mol. The number of nitrogen functional groups attached to an aromatic ring is 1. The molecule has 34 heavy (non-hydrogen) atoms. The number of anilines is 2. The van der Waals surface area contributed by atoms with Crippen molar-refractivity contribution in [2.24, 2.45) is 0 Å². The van der Waals surface area contributed by atoms with E-state index in [1.165, 1.54) is 6.33 Å². The van der Waals surface area contributed by atoms with Crippen molar-refractivity contribution in [3.63, 3.8) is 0 Å². The molecule has 0 unspecified atom stereocenters. The van der Waals surface area contributed by atoms with Gasteiger partial charge < -0.3 is 15.4 Å². The topological polar surface area (TPSA) is 80.4 Å². The van der Waals surface area contributed by atoms with Crippen molar-refractivity contribution < 1.29 is 9.13 Å². The summed E-state index contributed by atoms with van der Waals surface area (Å²) < 4.78 is 20.6. The highest BCUT2D eigenvalue weighted by Gasteiger charge is 2.29. The van der Waals surface area contributed by atoms with Gasteiger partial charge in [-0.2, -0.15) is 0 Å². The zero-order chi connectivity index (χ0) is 23.1. The van der Waals surface area contributed by atoms with E-state index in [0.717, 1.165) is 67.0 Å². The summed E-state index contributed by atoms with van der Waals surface area (Å²) in [6, 6.07) is 15.6. The fourth-order valence-electron chi connectivity index (χ4n) is 4.77. The maximum absolute atomic E-state index is 15.3. The van der Waals surface area contributed by atoms with Crippen LogP contribution >= 0.6 is 0 Å². The number of piperazine rings is 1. The fraction of sp³-hybridized carbons (Fsp3) is 0.269. The summed E-state index contributed by atoms with van der Waals surface area (Å²) in [6.07, 6.45) is 3.21. The average molecular weight is 457 g/mol. The van der Waals surface area contributed by atoms with Crippen molar-refractivity contribution >= 4 is 22.4 Å². The van der Waals surface area contributed by atoms with Gasteiger partial charge in [0.25, 0.3) is 0 Å². The molecule has 2 aromatic heterocycles. The normalized spacial score (nSPS) is 17.1. The van der Waals surface area contributed by atoms with Gasteiger partial charge in [0.1, 0.15) is 18.0 Å². The number of aromatic nitrogens is 3. The molecule has 6 rings (SSSR count). The Morgan fingerprint density at radius 1 is 0.853 bits per heavy atom. The molecule has 0 spiro atoms. The number of pyridine rings is 1. The summed E-state index contributed by atoms with van der Waals surface area (Å²) in [5.41, 5.74) is 10.7. The quantitative estimate of drug-likeness (QED) is 0.503. The second-order valence-corrected chi connectivity index (χ2v) is 8.80. The molecule has 0 radical (unpaired) electrons. The number of hydrogen-bond donors (Lipinski definition) is 1. The van der Waals surface area contributed by atoms with E-state index in [2.05, 4.69) is 24.8 Å². The molecule has 8 heteroatoms. The van der Waals surface area contributed by atoms with E-state index in [1.807, 2.05) is 42.5 Å². The summed E-state index contributed by atoms with van der Waals surface area (Å²) >= 11 is 0. The first-order valence-electron chi connectivity index (χ1n) is 11.5. The molecule has 2 N–H and O–H groups in total. The van der Waals surface area contributed by atoms with Crippen LogP contribution in [-0.4, -0.2) is 65.3 Å². The standard InChI is InChI=1S/C26H25FN6O/c27-22-12-19(2-4-24(22)33-9-7-32(8-10-33)20-14-34-15-20)26-21-11-17(1-3-23(21)30-16-31-26)18-5-6-29-25(28)13-18/h1-6,11-13,16,20H,7-10,14-15H2,(H2,28,29). The third kappa shape index (κ3) is 3.85. The van der Waals surface area contributed by atoms with E-state index in [4.69, 9.17) is 10.5 Å². The van der Waals surface area contributed by atoms with E-state index in [0.29, 0.717) is 23.2 Å². The van der Waals surface area contributed by atoms with Crippen LogP contribution in [-0.2, 0) is 4.74 Å². The molecule has 4 aromatic rings. The number of halogens is 1. The lowest BCUT2D eigenvalue weighted by Gasteiger charge is -2.43. The van der Waals surface area contributed by atoms with E-state index < -0.39 is 0 Å². The molecule has 172 valence electrons. The van der Waals surface area contributed by atoms with Crippen LogP contribution in [0.15, 0.2) is 61.1 Å². The Balaban J connectivity index is 1.30. The molecule has 2 saturated heterocycles. The van der Waals surface area contributed by atoms with Crippen molar-refractivity contribution in [2.75, 3.05) is 50.0 Å². The third-order valence-electron chi connectivity index (χ3n) is 6.76. The summed E-state index contributed by atoms with van der Waals surface area (Å²) in [5.74, 6) is 0.226. The lowest BCUT2D eigenvalue weighted by Crippen LogP contribution is -2.56. The summed E-state index contributed by atoms with van der Waals surface area (Å²) in [4.78, 5) is 17.5. The van der Waals surface area contributed by atoms with Crippen molar-refractivity contribution in [1.82, 2.24) is 19.9 Å². The number of ether oxygens (including phenoxy) is 1.